The summed E-state index contributed by atoms with van der Waals surface area (Å²) in [6.07, 6.45) is 3.87. The van der Waals surface area contributed by atoms with E-state index in [1.54, 1.807) is 13.1 Å². The van der Waals surface area contributed by atoms with Crippen molar-refractivity contribution in [2.75, 3.05) is 30.3 Å². The summed E-state index contributed by atoms with van der Waals surface area (Å²) in [5, 5.41) is 2.89. The molecule has 1 aromatic rings. The molecule has 5 nitrogen and oxygen atoms in total. The fourth-order valence-corrected chi connectivity index (χ4v) is 2.24. The predicted octanol–water partition coefficient (Wildman–Crippen LogP) is 1.02. The molecule has 98 valence electrons. The molecule has 0 radical (unpaired) electrons. The number of nitrogens with two attached hydrogens (primary N) is 1. The highest BCUT2D eigenvalue weighted by Crippen LogP contribution is 2.21. The molecule has 2 heterocycles. The standard InChI is InChI=1S/C13H20N4O/c1-10(18)15-8-11-4-6-17(7-5-11)13-3-2-12(14)9-16-13/h2-3,9,11H,4-8,14H2,1H3,(H,15,18). The number of rotatable bonds is 3. The van der Waals surface area contributed by atoms with E-state index in [1.165, 1.54) is 0 Å². The summed E-state index contributed by atoms with van der Waals surface area (Å²) in [7, 11) is 0. The van der Waals surface area contributed by atoms with Crippen LogP contribution >= 0.6 is 0 Å². The van der Waals surface area contributed by atoms with Gasteiger partial charge in [0.05, 0.1) is 11.9 Å². The molecule has 0 aliphatic carbocycles. The SMILES string of the molecule is CC(=O)NCC1CCN(c2ccc(N)cn2)CC1. The zero-order chi connectivity index (χ0) is 13.0. The molecule has 0 bridgehead atoms. The van der Waals surface area contributed by atoms with Crippen LogP contribution in [-0.4, -0.2) is 30.5 Å². The van der Waals surface area contributed by atoms with E-state index in [1.807, 2.05) is 12.1 Å². The van der Waals surface area contributed by atoms with Crippen LogP contribution in [0.5, 0.6) is 0 Å². The van der Waals surface area contributed by atoms with Gasteiger partial charge in [-0.15, -0.1) is 0 Å². The number of anilines is 2. The molecule has 1 aliphatic heterocycles. The van der Waals surface area contributed by atoms with Crippen molar-refractivity contribution in [1.29, 1.82) is 0 Å². The van der Waals surface area contributed by atoms with Crippen LogP contribution in [0.25, 0.3) is 0 Å². The number of piperidine rings is 1. The largest absolute Gasteiger partial charge is 0.397 e. The van der Waals surface area contributed by atoms with E-state index >= 15 is 0 Å². The number of aromatic nitrogens is 1. The first-order chi connectivity index (χ1) is 8.65. The monoisotopic (exact) mass is 248 g/mol. The highest BCUT2D eigenvalue weighted by atomic mass is 16.1. The van der Waals surface area contributed by atoms with Gasteiger partial charge in [-0.1, -0.05) is 0 Å². The Kier molecular flexibility index (Phi) is 4.02. The first-order valence-electron chi connectivity index (χ1n) is 6.36. The van der Waals surface area contributed by atoms with Crippen LogP contribution in [0.4, 0.5) is 11.5 Å². The Hall–Kier alpha value is -1.78. The molecule has 0 saturated carbocycles. The van der Waals surface area contributed by atoms with Crippen molar-refractivity contribution in [2.24, 2.45) is 5.92 Å². The van der Waals surface area contributed by atoms with Gasteiger partial charge in [0, 0.05) is 26.6 Å². The molecule has 0 spiro atoms. The van der Waals surface area contributed by atoms with E-state index < -0.39 is 0 Å². The number of carbonyl (C=O) groups is 1. The topological polar surface area (TPSA) is 71.2 Å². The highest BCUT2D eigenvalue weighted by Gasteiger charge is 2.19. The second-order valence-corrected chi connectivity index (χ2v) is 4.82. The summed E-state index contributed by atoms with van der Waals surface area (Å²) in [4.78, 5) is 17.5. The maximum Gasteiger partial charge on any atom is 0.216 e. The van der Waals surface area contributed by atoms with Crippen LogP contribution in [0.15, 0.2) is 18.3 Å². The molecule has 1 aliphatic rings. The Labute approximate surface area is 107 Å². The lowest BCUT2D eigenvalue weighted by molar-refractivity contribution is -0.119. The second-order valence-electron chi connectivity index (χ2n) is 4.82. The third-order valence-corrected chi connectivity index (χ3v) is 3.35. The number of nitrogens with one attached hydrogen (secondary N) is 1. The predicted molar refractivity (Wildman–Crippen MR) is 72.3 cm³/mol. The number of carbonyl (C=O) groups excluding carboxylic acids is 1. The van der Waals surface area contributed by atoms with Crippen molar-refractivity contribution in [2.45, 2.75) is 19.8 Å². The third-order valence-electron chi connectivity index (χ3n) is 3.35. The van der Waals surface area contributed by atoms with Crippen LogP contribution in [0.3, 0.4) is 0 Å². The minimum Gasteiger partial charge on any atom is -0.397 e. The van der Waals surface area contributed by atoms with Gasteiger partial charge < -0.3 is 16.0 Å². The minimum absolute atomic E-state index is 0.0534. The molecule has 1 amide bonds. The van der Waals surface area contributed by atoms with Gasteiger partial charge in [-0.3, -0.25) is 4.79 Å². The van der Waals surface area contributed by atoms with Crippen molar-refractivity contribution in [3.8, 4) is 0 Å². The van der Waals surface area contributed by atoms with E-state index in [-0.39, 0.29) is 5.91 Å². The first kappa shape index (κ1) is 12.7. The van der Waals surface area contributed by atoms with Crippen LogP contribution < -0.4 is 16.0 Å². The summed E-state index contributed by atoms with van der Waals surface area (Å²) >= 11 is 0. The van der Waals surface area contributed by atoms with Gasteiger partial charge in [0.25, 0.3) is 0 Å². The molecule has 5 heteroatoms. The van der Waals surface area contributed by atoms with Gasteiger partial charge in [-0.25, -0.2) is 4.98 Å². The zero-order valence-corrected chi connectivity index (χ0v) is 10.7. The van der Waals surface area contributed by atoms with Gasteiger partial charge in [0.15, 0.2) is 0 Å². The van der Waals surface area contributed by atoms with Crippen molar-refractivity contribution in [3.05, 3.63) is 18.3 Å². The third kappa shape index (κ3) is 3.35. The smallest absolute Gasteiger partial charge is 0.216 e. The molecule has 0 unspecified atom stereocenters. The van der Waals surface area contributed by atoms with Gasteiger partial charge >= 0.3 is 0 Å². The summed E-state index contributed by atoms with van der Waals surface area (Å²) in [6.45, 7) is 4.33. The van der Waals surface area contributed by atoms with Crippen LogP contribution in [0, 0.1) is 5.92 Å². The summed E-state index contributed by atoms with van der Waals surface area (Å²) < 4.78 is 0. The molecule has 1 aromatic heterocycles. The molecule has 0 atom stereocenters. The van der Waals surface area contributed by atoms with Crippen LogP contribution in [0.1, 0.15) is 19.8 Å². The van der Waals surface area contributed by atoms with Crippen molar-refractivity contribution in [1.82, 2.24) is 10.3 Å². The number of amides is 1. The van der Waals surface area contributed by atoms with Gasteiger partial charge in [-0.2, -0.15) is 0 Å². The van der Waals surface area contributed by atoms with Crippen molar-refractivity contribution in [3.63, 3.8) is 0 Å². The number of pyridine rings is 1. The van der Waals surface area contributed by atoms with Gasteiger partial charge in [0.1, 0.15) is 5.82 Å². The van der Waals surface area contributed by atoms with E-state index in [2.05, 4.69) is 15.2 Å². The molecule has 2 rings (SSSR count). The van der Waals surface area contributed by atoms with E-state index in [4.69, 9.17) is 5.73 Å². The Bertz CT molecular complexity index is 396. The number of hydrogen-bond acceptors (Lipinski definition) is 4. The van der Waals surface area contributed by atoms with Gasteiger partial charge in [0.2, 0.25) is 5.91 Å². The Morgan fingerprint density at radius 1 is 1.50 bits per heavy atom. The lowest BCUT2D eigenvalue weighted by Crippen LogP contribution is -2.38. The molecule has 3 N–H and O–H groups in total. The summed E-state index contributed by atoms with van der Waals surface area (Å²) in [5.74, 6) is 1.62. The molecule has 1 saturated heterocycles. The first-order valence-corrected chi connectivity index (χ1v) is 6.36. The van der Waals surface area contributed by atoms with Crippen molar-refractivity contribution >= 4 is 17.4 Å². The quantitative estimate of drug-likeness (QED) is 0.837. The Morgan fingerprint density at radius 3 is 2.78 bits per heavy atom. The van der Waals surface area contributed by atoms with Gasteiger partial charge in [-0.05, 0) is 30.9 Å². The summed E-state index contributed by atoms with van der Waals surface area (Å²) in [5.41, 5.74) is 6.32. The van der Waals surface area contributed by atoms with Crippen LogP contribution in [-0.2, 0) is 4.79 Å². The minimum atomic E-state index is 0.0534. The number of hydrogen-bond donors (Lipinski definition) is 2. The molecular formula is C13H20N4O. The van der Waals surface area contributed by atoms with E-state index in [0.717, 1.165) is 38.3 Å². The normalized spacial score (nSPS) is 16.6. The average molecular weight is 248 g/mol. The van der Waals surface area contributed by atoms with E-state index in [0.29, 0.717) is 11.6 Å². The Morgan fingerprint density at radius 2 is 2.22 bits per heavy atom. The maximum absolute atomic E-state index is 10.9. The van der Waals surface area contributed by atoms with E-state index in [9.17, 15) is 4.79 Å². The lowest BCUT2D eigenvalue weighted by Gasteiger charge is -2.32. The lowest BCUT2D eigenvalue weighted by atomic mass is 9.97. The zero-order valence-electron chi connectivity index (χ0n) is 10.7. The Balaban J connectivity index is 1.83. The summed E-state index contributed by atoms with van der Waals surface area (Å²) in [6, 6.07) is 3.84. The molecule has 18 heavy (non-hydrogen) atoms. The second kappa shape index (κ2) is 5.71. The fraction of sp³-hybridized carbons (Fsp3) is 0.538. The fourth-order valence-electron chi connectivity index (χ4n) is 2.24. The average Bonchev–Trinajstić information content (AvgIpc) is 2.38. The van der Waals surface area contributed by atoms with Crippen LogP contribution in [0.2, 0.25) is 0 Å². The maximum atomic E-state index is 10.9. The molecule has 0 aromatic carbocycles. The molecular weight excluding hydrogens is 228 g/mol. The molecule has 1 fully saturated rings. The highest BCUT2D eigenvalue weighted by molar-refractivity contribution is 5.72. The number of nitrogens with zero attached hydrogens (tertiary/aromatic N) is 2. The number of nitrogen functional groups attached to an aromatic ring is 1. The van der Waals surface area contributed by atoms with Crippen molar-refractivity contribution < 1.29 is 4.79 Å².